The minimum atomic E-state index is 0.108. The third-order valence-corrected chi connectivity index (χ3v) is 2.13. The summed E-state index contributed by atoms with van der Waals surface area (Å²) in [4.78, 5) is 8.54. The first-order valence-electron chi connectivity index (χ1n) is 6.14. The van der Waals surface area contributed by atoms with Crippen molar-refractivity contribution in [2.45, 2.75) is 26.4 Å². The molecule has 18 heavy (non-hydrogen) atoms. The largest absolute Gasteiger partial charge is 0.477 e. The minimum Gasteiger partial charge on any atom is -0.477 e. The number of anilines is 1. The second-order valence-electron chi connectivity index (χ2n) is 3.79. The van der Waals surface area contributed by atoms with Gasteiger partial charge in [0.1, 0.15) is 12.4 Å². The molecule has 6 nitrogen and oxygen atoms in total. The molecule has 0 amide bonds. The van der Waals surface area contributed by atoms with Gasteiger partial charge in [0.2, 0.25) is 5.88 Å². The van der Waals surface area contributed by atoms with Crippen LogP contribution in [0.1, 0.15) is 25.6 Å². The molecule has 0 saturated heterocycles. The zero-order valence-corrected chi connectivity index (χ0v) is 11.0. The first-order valence-corrected chi connectivity index (χ1v) is 6.14. The van der Waals surface area contributed by atoms with Crippen LogP contribution in [-0.4, -0.2) is 41.9 Å². The molecule has 0 aromatic carbocycles. The lowest BCUT2D eigenvalue weighted by Gasteiger charge is -2.10. The van der Waals surface area contributed by atoms with Gasteiger partial charge >= 0.3 is 0 Å². The molecule has 1 aromatic rings. The first-order chi connectivity index (χ1) is 8.80. The fourth-order valence-corrected chi connectivity index (χ4v) is 1.33. The predicted octanol–water partition coefficient (Wildman–Crippen LogP) is 1.21. The maximum absolute atomic E-state index is 8.71. The standard InChI is InChI=1S/C12H21N3O3/c1-3-5-13-10-8-12(18-7-4-6-16)15-11(14-10)9-17-2/h8,16H,3-7,9H2,1-2H3,(H,13,14,15). The second kappa shape index (κ2) is 8.66. The highest BCUT2D eigenvalue weighted by Gasteiger charge is 2.05. The van der Waals surface area contributed by atoms with Gasteiger partial charge in [0, 0.05) is 32.7 Å². The minimum absolute atomic E-state index is 0.108. The van der Waals surface area contributed by atoms with Crippen molar-refractivity contribution in [3.05, 3.63) is 11.9 Å². The van der Waals surface area contributed by atoms with Crippen LogP contribution in [0.5, 0.6) is 5.88 Å². The third-order valence-electron chi connectivity index (χ3n) is 2.13. The summed E-state index contributed by atoms with van der Waals surface area (Å²) >= 11 is 0. The number of nitrogens with one attached hydrogen (secondary N) is 1. The number of aromatic nitrogens is 2. The molecule has 0 spiro atoms. The molecule has 0 bridgehead atoms. The predicted molar refractivity (Wildman–Crippen MR) is 68.7 cm³/mol. The van der Waals surface area contributed by atoms with E-state index < -0.39 is 0 Å². The van der Waals surface area contributed by atoms with Crippen LogP contribution in [0.15, 0.2) is 6.07 Å². The Balaban J connectivity index is 2.70. The van der Waals surface area contributed by atoms with Crippen LogP contribution in [0.4, 0.5) is 5.82 Å². The molecule has 1 aromatic heterocycles. The van der Waals surface area contributed by atoms with E-state index >= 15 is 0 Å². The van der Waals surface area contributed by atoms with Gasteiger partial charge in [-0.25, -0.2) is 4.98 Å². The van der Waals surface area contributed by atoms with E-state index in [-0.39, 0.29) is 6.61 Å². The van der Waals surface area contributed by atoms with Gasteiger partial charge in [-0.2, -0.15) is 4.98 Å². The van der Waals surface area contributed by atoms with E-state index in [0.717, 1.165) is 18.8 Å². The van der Waals surface area contributed by atoms with Crippen LogP contribution in [0.2, 0.25) is 0 Å². The van der Waals surface area contributed by atoms with E-state index in [4.69, 9.17) is 14.6 Å². The van der Waals surface area contributed by atoms with Gasteiger partial charge in [0.05, 0.1) is 6.61 Å². The number of methoxy groups -OCH3 is 1. The highest BCUT2D eigenvalue weighted by molar-refractivity contribution is 5.38. The van der Waals surface area contributed by atoms with Crippen molar-refractivity contribution in [1.82, 2.24) is 9.97 Å². The van der Waals surface area contributed by atoms with Gasteiger partial charge in [-0.15, -0.1) is 0 Å². The zero-order valence-electron chi connectivity index (χ0n) is 11.0. The number of hydrogen-bond donors (Lipinski definition) is 2. The van der Waals surface area contributed by atoms with E-state index in [1.165, 1.54) is 0 Å². The van der Waals surface area contributed by atoms with Gasteiger partial charge in [-0.1, -0.05) is 6.92 Å². The molecule has 0 aliphatic heterocycles. The number of aliphatic hydroxyl groups excluding tert-OH is 1. The Morgan fingerprint density at radius 3 is 2.89 bits per heavy atom. The molecule has 102 valence electrons. The number of aliphatic hydroxyl groups is 1. The zero-order chi connectivity index (χ0) is 13.2. The van der Waals surface area contributed by atoms with Crippen molar-refractivity contribution in [2.24, 2.45) is 0 Å². The SMILES string of the molecule is CCCNc1cc(OCCCO)nc(COC)n1. The molecule has 0 atom stereocenters. The Kier molecular flexibility index (Phi) is 7.05. The molecular formula is C12H21N3O3. The van der Waals surface area contributed by atoms with Crippen molar-refractivity contribution in [3.63, 3.8) is 0 Å². The quantitative estimate of drug-likeness (QED) is 0.646. The highest BCUT2D eigenvalue weighted by Crippen LogP contribution is 2.14. The van der Waals surface area contributed by atoms with Crippen molar-refractivity contribution in [1.29, 1.82) is 0 Å². The van der Waals surface area contributed by atoms with Crippen LogP contribution in [-0.2, 0) is 11.3 Å². The van der Waals surface area contributed by atoms with Crippen molar-refractivity contribution in [3.8, 4) is 5.88 Å². The summed E-state index contributed by atoms with van der Waals surface area (Å²) in [6.45, 7) is 3.82. The molecule has 0 aliphatic rings. The number of hydrogen-bond acceptors (Lipinski definition) is 6. The second-order valence-corrected chi connectivity index (χ2v) is 3.79. The average Bonchev–Trinajstić information content (AvgIpc) is 2.37. The fraction of sp³-hybridized carbons (Fsp3) is 0.667. The molecule has 6 heteroatoms. The summed E-state index contributed by atoms with van der Waals surface area (Å²) in [7, 11) is 1.60. The molecule has 0 aliphatic carbocycles. The van der Waals surface area contributed by atoms with E-state index in [1.54, 1.807) is 13.2 Å². The molecule has 1 rings (SSSR count). The van der Waals surface area contributed by atoms with E-state index in [1.807, 2.05) is 0 Å². The summed E-state index contributed by atoms with van der Waals surface area (Å²) in [5.74, 6) is 1.82. The normalized spacial score (nSPS) is 10.4. The lowest BCUT2D eigenvalue weighted by Crippen LogP contribution is -2.08. The van der Waals surface area contributed by atoms with E-state index in [9.17, 15) is 0 Å². The lowest BCUT2D eigenvalue weighted by molar-refractivity contribution is 0.175. The Bertz CT molecular complexity index is 347. The van der Waals surface area contributed by atoms with Gasteiger partial charge in [0.25, 0.3) is 0 Å². The smallest absolute Gasteiger partial charge is 0.218 e. The highest BCUT2D eigenvalue weighted by atomic mass is 16.5. The van der Waals surface area contributed by atoms with Gasteiger partial charge < -0.3 is 19.9 Å². The van der Waals surface area contributed by atoms with Crippen LogP contribution in [0.3, 0.4) is 0 Å². The number of nitrogens with zero attached hydrogens (tertiary/aromatic N) is 2. The van der Waals surface area contributed by atoms with Crippen molar-refractivity contribution < 1.29 is 14.6 Å². The summed E-state index contributed by atoms with van der Waals surface area (Å²) in [6.07, 6.45) is 1.60. The molecule has 2 N–H and O–H groups in total. The topological polar surface area (TPSA) is 76.5 Å². The maximum Gasteiger partial charge on any atom is 0.218 e. The Morgan fingerprint density at radius 2 is 2.22 bits per heavy atom. The first kappa shape index (κ1) is 14.7. The van der Waals surface area contributed by atoms with Crippen LogP contribution in [0.25, 0.3) is 0 Å². The number of ether oxygens (including phenoxy) is 2. The maximum atomic E-state index is 8.71. The molecule has 0 radical (unpaired) electrons. The lowest BCUT2D eigenvalue weighted by atomic mass is 10.4. The van der Waals surface area contributed by atoms with Gasteiger partial charge in [-0.05, 0) is 6.42 Å². The molecule has 0 saturated carbocycles. The summed E-state index contributed by atoms with van der Waals surface area (Å²) in [5.41, 5.74) is 0. The van der Waals surface area contributed by atoms with Crippen LogP contribution >= 0.6 is 0 Å². The summed E-state index contributed by atoms with van der Waals surface area (Å²) < 4.78 is 10.5. The third kappa shape index (κ3) is 5.29. The van der Waals surface area contributed by atoms with Crippen molar-refractivity contribution >= 4 is 5.82 Å². The fourth-order valence-electron chi connectivity index (χ4n) is 1.33. The Hall–Kier alpha value is -1.40. The summed E-state index contributed by atoms with van der Waals surface area (Å²) in [5, 5.41) is 11.9. The summed E-state index contributed by atoms with van der Waals surface area (Å²) in [6, 6.07) is 1.76. The van der Waals surface area contributed by atoms with Crippen LogP contribution in [0, 0.1) is 0 Å². The van der Waals surface area contributed by atoms with Crippen molar-refractivity contribution in [2.75, 3.05) is 32.2 Å². The van der Waals surface area contributed by atoms with Gasteiger partial charge in [-0.3, -0.25) is 0 Å². The van der Waals surface area contributed by atoms with E-state index in [0.29, 0.717) is 31.3 Å². The monoisotopic (exact) mass is 255 g/mol. The Labute approximate surface area is 107 Å². The van der Waals surface area contributed by atoms with Crippen LogP contribution < -0.4 is 10.1 Å². The Morgan fingerprint density at radius 1 is 1.39 bits per heavy atom. The van der Waals surface area contributed by atoms with Gasteiger partial charge in [0.15, 0.2) is 5.82 Å². The molecule has 1 heterocycles. The van der Waals surface area contributed by atoms with E-state index in [2.05, 4.69) is 22.2 Å². The molecule has 0 unspecified atom stereocenters. The average molecular weight is 255 g/mol. The number of rotatable bonds is 9. The molecule has 0 fully saturated rings. The molecular weight excluding hydrogens is 234 g/mol.